The molecule has 1 atom stereocenters. The maximum Gasteiger partial charge on any atom is 0.270 e. The molecule has 0 fully saturated rings. The van der Waals surface area contributed by atoms with Crippen molar-refractivity contribution in [3.63, 3.8) is 0 Å². The number of nitrogens with two attached hydrogens (primary N) is 2. The quantitative estimate of drug-likeness (QED) is 0.118. The van der Waals surface area contributed by atoms with Gasteiger partial charge in [-0.1, -0.05) is 150 Å². The van der Waals surface area contributed by atoms with Crippen molar-refractivity contribution in [1.29, 1.82) is 0 Å². The highest BCUT2D eigenvalue weighted by Gasteiger charge is 2.28. The predicted octanol–water partition coefficient (Wildman–Crippen LogP) is 17.4. The lowest BCUT2D eigenvalue weighted by Gasteiger charge is -2.34. The fourth-order valence-electron chi connectivity index (χ4n) is 8.02. The van der Waals surface area contributed by atoms with Crippen molar-refractivity contribution in [2.45, 2.75) is 88.2 Å². The van der Waals surface area contributed by atoms with Crippen LogP contribution in [0, 0.1) is 39.0 Å². The van der Waals surface area contributed by atoms with Gasteiger partial charge in [0.05, 0.1) is 35.7 Å². The fourth-order valence-corrected chi connectivity index (χ4v) is 8.96. The lowest BCUT2D eigenvalue weighted by molar-refractivity contribution is 0.0164. The number of hydrogen-bond acceptors (Lipinski definition) is 7. The number of fused-ring (bicyclic) bond motifs is 3. The second-order valence-electron chi connectivity index (χ2n) is 18.7. The Bertz CT molecular complexity index is 3320. The highest BCUT2D eigenvalue weighted by molar-refractivity contribution is 7.17. The summed E-state index contributed by atoms with van der Waals surface area (Å²) >= 11 is 1.76. The van der Waals surface area contributed by atoms with Crippen LogP contribution >= 0.6 is 11.3 Å². The topological polar surface area (TPSA) is 109 Å². The van der Waals surface area contributed by atoms with E-state index < -0.39 is 5.92 Å². The molecule has 6 aromatic carbocycles. The van der Waals surface area contributed by atoms with Crippen molar-refractivity contribution >= 4 is 66.9 Å². The van der Waals surface area contributed by atoms with Gasteiger partial charge in [-0.15, -0.1) is 24.5 Å². The van der Waals surface area contributed by atoms with Crippen LogP contribution in [-0.2, 0) is 19.0 Å². The monoisotopic (exact) mass is 1040 g/mol. The van der Waals surface area contributed by atoms with Gasteiger partial charge in [0, 0.05) is 40.5 Å². The van der Waals surface area contributed by atoms with Crippen molar-refractivity contribution in [3.8, 4) is 5.75 Å². The summed E-state index contributed by atoms with van der Waals surface area (Å²) in [5.74, 6) is 0.408. The Morgan fingerprint density at radius 1 is 0.776 bits per heavy atom. The summed E-state index contributed by atoms with van der Waals surface area (Å²) in [6.45, 7) is 34.3. The first kappa shape index (κ1) is 61.0. The number of imidazole rings is 2. The largest absolute Gasteiger partial charge is 0.497 e. The molecule has 3 aromatic heterocycles. The van der Waals surface area contributed by atoms with Crippen molar-refractivity contribution < 1.29 is 13.5 Å². The average Bonchev–Trinajstić information content (AvgIpc) is 4.10. The minimum Gasteiger partial charge on any atom is -0.497 e. The number of allylic oxidation sites excluding steroid dienone is 2. The van der Waals surface area contributed by atoms with Gasteiger partial charge in [-0.3, -0.25) is 0 Å². The van der Waals surface area contributed by atoms with E-state index in [1.807, 2.05) is 55.7 Å². The Labute approximate surface area is 455 Å². The zero-order valence-corrected chi connectivity index (χ0v) is 47.6. The van der Waals surface area contributed by atoms with E-state index in [1.54, 1.807) is 36.6 Å². The van der Waals surface area contributed by atoms with Gasteiger partial charge in [0.1, 0.15) is 11.6 Å². The second kappa shape index (κ2) is 28.3. The molecule has 0 aliphatic heterocycles. The molecule has 1 aliphatic carbocycles. The van der Waals surface area contributed by atoms with Gasteiger partial charge in [-0.05, 0) is 134 Å². The van der Waals surface area contributed by atoms with E-state index in [1.165, 1.54) is 51.0 Å². The normalized spacial score (nSPS) is 12.7. The molecule has 0 saturated carbocycles. The van der Waals surface area contributed by atoms with Crippen molar-refractivity contribution in [2.75, 3.05) is 19.5 Å². The molecule has 0 bridgehead atoms. The molecule has 400 valence electrons. The molecule has 3 heterocycles. The molecule has 0 amide bonds. The number of nitrogens with zero attached hydrogens (tertiary/aromatic N) is 4. The molecule has 0 spiro atoms. The zero-order valence-electron chi connectivity index (χ0n) is 46.8. The number of rotatable bonds is 10. The first-order chi connectivity index (χ1) is 36.3. The van der Waals surface area contributed by atoms with Crippen LogP contribution in [-0.4, -0.2) is 33.3 Å². The summed E-state index contributed by atoms with van der Waals surface area (Å²) in [7, 11) is 3.21. The van der Waals surface area contributed by atoms with E-state index >= 15 is 0 Å². The van der Waals surface area contributed by atoms with Crippen LogP contribution < -0.4 is 21.5 Å². The molecule has 9 aromatic rings. The fraction of sp³-hybridized carbons (Fsp3) is 0.262. The highest BCUT2D eigenvalue weighted by Crippen LogP contribution is 2.37. The number of aryl methyl sites for hydroxylation is 4. The molecule has 76 heavy (non-hydrogen) atoms. The number of nitrogens with one attached hydrogen (secondary N) is 1. The van der Waals surface area contributed by atoms with E-state index in [0.717, 1.165) is 70.2 Å². The van der Waals surface area contributed by atoms with Crippen LogP contribution in [0.4, 0.5) is 20.4 Å². The summed E-state index contributed by atoms with van der Waals surface area (Å²) < 4.78 is 38.6. The first-order valence-corrected chi connectivity index (χ1v) is 26.4. The Kier molecular flexibility index (Phi) is 22.7. The second-order valence-corrected chi connectivity index (χ2v) is 19.6. The minimum absolute atomic E-state index is 0.0400. The number of anilines is 2. The molecule has 1 unspecified atom stereocenters. The Balaban J connectivity index is 0.000000239. The molecule has 11 heteroatoms. The molecule has 0 radical (unpaired) electrons. The number of benzene rings is 6. The lowest BCUT2D eigenvalue weighted by Crippen LogP contribution is -2.24. The summed E-state index contributed by atoms with van der Waals surface area (Å²) in [5, 5.41) is 6.99. The minimum atomic E-state index is -2.88. The molecule has 5 N–H and O–H groups in total. The summed E-state index contributed by atoms with van der Waals surface area (Å²) in [6, 6.07) is 41.6. The lowest BCUT2D eigenvalue weighted by atomic mass is 9.71. The van der Waals surface area contributed by atoms with Gasteiger partial charge < -0.3 is 30.7 Å². The van der Waals surface area contributed by atoms with Gasteiger partial charge in [0.2, 0.25) is 5.95 Å². The van der Waals surface area contributed by atoms with E-state index in [2.05, 4.69) is 185 Å². The Hall–Kier alpha value is -7.60. The Morgan fingerprint density at radius 3 is 1.91 bits per heavy atom. The molecule has 0 saturated heterocycles. The first-order valence-electron chi connectivity index (χ1n) is 25.5. The molecular formula is C65H79F2N7OS. The van der Waals surface area contributed by atoms with Crippen molar-refractivity contribution in [3.05, 3.63) is 222 Å². The number of thiophene rings is 1. The van der Waals surface area contributed by atoms with E-state index in [9.17, 15) is 8.78 Å². The van der Waals surface area contributed by atoms with E-state index in [0.29, 0.717) is 23.2 Å². The third kappa shape index (κ3) is 16.0. The van der Waals surface area contributed by atoms with Crippen LogP contribution in [0.3, 0.4) is 0 Å². The maximum absolute atomic E-state index is 13.9. The van der Waals surface area contributed by atoms with Crippen LogP contribution in [0.25, 0.3) is 43.9 Å². The molecule has 1 aliphatic rings. The SMILES string of the molecule is C=C.C=C(N)c1ccc2c(c1)nc(C)n2Cc1ccccc1C(C)(F)F.C=Cc1ccc(C)cc1.CC.CC1C=CC1(C)C.CN.COc1ccc2scc(Cn3c(Nc4ccc(C)cc4)nc4cc(C)ccc43)c2c1. The number of alkyl halides is 2. The number of hydrogen-bond donors (Lipinski definition) is 3. The van der Waals surface area contributed by atoms with Gasteiger partial charge in [-0.2, -0.15) is 0 Å². The third-order valence-corrected chi connectivity index (χ3v) is 13.8. The van der Waals surface area contributed by atoms with Gasteiger partial charge in [0.25, 0.3) is 5.92 Å². The summed E-state index contributed by atoms with van der Waals surface area (Å²) in [4.78, 5) is 9.44. The van der Waals surface area contributed by atoms with Crippen molar-refractivity contribution in [1.82, 2.24) is 19.1 Å². The van der Waals surface area contributed by atoms with E-state index in [-0.39, 0.29) is 5.56 Å². The van der Waals surface area contributed by atoms with E-state index in [4.69, 9.17) is 15.5 Å². The number of ether oxygens (including phenoxy) is 1. The van der Waals surface area contributed by atoms with Crippen LogP contribution in [0.2, 0.25) is 0 Å². The molecular weight excluding hydrogens is 965 g/mol. The average molecular weight is 1040 g/mol. The number of aromatic nitrogens is 4. The number of halogens is 2. The van der Waals surface area contributed by atoms with Gasteiger partial charge in [-0.25, -0.2) is 18.7 Å². The molecule has 8 nitrogen and oxygen atoms in total. The molecule has 10 rings (SSSR count). The van der Waals surface area contributed by atoms with Gasteiger partial charge >= 0.3 is 0 Å². The van der Waals surface area contributed by atoms with Crippen LogP contribution in [0.1, 0.15) is 91.9 Å². The highest BCUT2D eigenvalue weighted by atomic mass is 32.1. The van der Waals surface area contributed by atoms with Crippen molar-refractivity contribution in [2.24, 2.45) is 22.8 Å². The van der Waals surface area contributed by atoms with Crippen LogP contribution in [0.5, 0.6) is 5.75 Å². The maximum atomic E-state index is 13.9. The van der Waals surface area contributed by atoms with Gasteiger partial charge in [0.15, 0.2) is 0 Å². The smallest absolute Gasteiger partial charge is 0.270 e. The standard InChI is InChI=1S/C25H23N3OS.C19H19F2N3.C9H10.C7H12.C2H6.C2H4.CH5N/c1-16-4-7-19(8-5-16)26-25-27-22-12-17(2)6-10-23(22)28(25)14-18-15-30-24-11-9-20(29-3)13-21(18)24;1-12(22)14-8-9-18-17(10-14)23-13(2)24(18)11-15-6-4-5-7-16(15)19(3,20)21;1-3-9-6-4-8(2)5-7-9;1-6-4-5-7(6,2)3;3*1-2/h4-13,15H,14H2,1-3H3,(H,26,27);4-10H,1,11,22H2,2-3H3;3-7H,1H2,2H3;4-6H,1-3H3;1-2H3;1-2H2;2H2,1H3. The zero-order chi connectivity index (χ0) is 56.3. The summed E-state index contributed by atoms with van der Waals surface area (Å²) in [5.41, 5.74) is 23.6. The third-order valence-electron chi connectivity index (χ3n) is 12.8. The van der Waals surface area contributed by atoms with Crippen LogP contribution in [0.15, 0.2) is 171 Å². The summed E-state index contributed by atoms with van der Waals surface area (Å²) in [6.07, 6.45) is 6.36. The Morgan fingerprint density at radius 2 is 1.34 bits per heavy atom. The predicted molar refractivity (Wildman–Crippen MR) is 325 cm³/mol. The number of methoxy groups -OCH3 is 1.